The zero-order valence-electron chi connectivity index (χ0n) is 25.2. The van der Waals surface area contributed by atoms with Crippen LogP contribution in [-0.4, -0.2) is 85.6 Å². The number of nitrogens with one attached hydrogen (secondary N) is 3. The van der Waals surface area contributed by atoms with Crippen molar-refractivity contribution in [2.24, 2.45) is 0 Å². The number of hydrogen-bond acceptors (Lipinski definition) is 8. The molecule has 1 unspecified atom stereocenters. The van der Waals surface area contributed by atoms with Gasteiger partial charge >= 0.3 is 0 Å². The number of rotatable bonds is 7. The van der Waals surface area contributed by atoms with E-state index in [4.69, 9.17) is 4.74 Å². The van der Waals surface area contributed by atoms with Gasteiger partial charge in [-0.3, -0.25) is 14.7 Å². The van der Waals surface area contributed by atoms with Crippen LogP contribution in [0.5, 0.6) is 0 Å². The third kappa shape index (κ3) is 5.92. The third-order valence-electron chi connectivity index (χ3n) is 8.66. The fourth-order valence-corrected chi connectivity index (χ4v) is 7.82. The molecule has 2 amide bonds. The molecule has 3 aliphatic rings. The molecule has 0 bridgehead atoms. The number of carbonyl (C=O) groups excluding carboxylic acids is 2. The number of amides is 2. The van der Waals surface area contributed by atoms with Crippen LogP contribution in [-0.2, 0) is 31.6 Å². The maximum atomic E-state index is 13.9. The first-order valence-electron chi connectivity index (χ1n) is 14.7. The van der Waals surface area contributed by atoms with Crippen molar-refractivity contribution in [3.63, 3.8) is 0 Å². The summed E-state index contributed by atoms with van der Waals surface area (Å²) in [6.07, 6.45) is 0.751. The number of likely N-dealkylation sites (N-methyl/N-ethyl adjacent to an activating group) is 1. The van der Waals surface area contributed by atoms with Crippen molar-refractivity contribution in [2.45, 2.75) is 49.8 Å². The number of anilines is 3. The van der Waals surface area contributed by atoms with Crippen LogP contribution in [0.2, 0.25) is 0 Å². The Kier molecular flexibility index (Phi) is 8.14. The van der Waals surface area contributed by atoms with E-state index in [9.17, 15) is 26.8 Å². The molecule has 3 N–H and O–H groups in total. The molecule has 1 aromatic heterocycles. The van der Waals surface area contributed by atoms with E-state index in [1.807, 2.05) is 6.07 Å². The van der Waals surface area contributed by atoms with E-state index in [2.05, 4.69) is 37.7 Å². The number of hydrogen-bond donors (Lipinski definition) is 3. The maximum Gasteiger partial charge on any atom is 0.258 e. The van der Waals surface area contributed by atoms with Gasteiger partial charge in [0.2, 0.25) is 10.0 Å². The minimum absolute atomic E-state index is 0.103. The van der Waals surface area contributed by atoms with Gasteiger partial charge in [-0.15, -0.1) is 0 Å². The second-order valence-corrected chi connectivity index (χ2v) is 13.9. The maximum absolute atomic E-state index is 13.9. The molecule has 12 nitrogen and oxygen atoms in total. The smallest absolute Gasteiger partial charge is 0.258 e. The number of ether oxygens (including phenoxy) is 1. The van der Waals surface area contributed by atoms with Crippen molar-refractivity contribution in [1.29, 1.82) is 0 Å². The van der Waals surface area contributed by atoms with Gasteiger partial charge in [0.25, 0.3) is 11.8 Å². The van der Waals surface area contributed by atoms with E-state index in [1.54, 1.807) is 26.0 Å². The lowest BCUT2D eigenvalue weighted by atomic mass is 10.0. The van der Waals surface area contributed by atoms with Crippen molar-refractivity contribution in [3.05, 3.63) is 64.9 Å². The van der Waals surface area contributed by atoms with E-state index in [1.165, 1.54) is 0 Å². The Bertz CT molecular complexity index is 1730. The number of halogens is 2. The van der Waals surface area contributed by atoms with E-state index >= 15 is 0 Å². The summed E-state index contributed by atoms with van der Waals surface area (Å²) < 4.78 is 61.6. The molecule has 240 valence electrons. The lowest BCUT2D eigenvalue weighted by Gasteiger charge is -2.34. The monoisotopic (exact) mass is 643 g/mol. The van der Waals surface area contributed by atoms with E-state index in [-0.39, 0.29) is 23.8 Å². The van der Waals surface area contributed by atoms with Crippen LogP contribution >= 0.6 is 0 Å². The summed E-state index contributed by atoms with van der Waals surface area (Å²) in [5.74, 6) is -2.83. The summed E-state index contributed by atoms with van der Waals surface area (Å²) >= 11 is 0. The summed E-state index contributed by atoms with van der Waals surface area (Å²) in [5.41, 5.74) is 1.02. The first-order chi connectivity index (χ1) is 21.3. The number of aromatic nitrogens is 2. The highest BCUT2D eigenvalue weighted by atomic mass is 32.2. The molecule has 6 rings (SSSR count). The summed E-state index contributed by atoms with van der Waals surface area (Å²) in [7, 11) is -2.29. The normalized spacial score (nSPS) is 20.3. The van der Waals surface area contributed by atoms with Gasteiger partial charge in [-0.05, 0) is 64.1 Å². The van der Waals surface area contributed by atoms with Crippen LogP contribution < -0.4 is 15.5 Å². The molecule has 4 heterocycles. The number of sulfonamides is 1. The minimum atomic E-state index is -4.35. The Morgan fingerprint density at radius 1 is 1.04 bits per heavy atom. The highest BCUT2D eigenvalue weighted by Gasteiger charge is 2.48. The minimum Gasteiger partial charge on any atom is -0.369 e. The molecular formula is C30H35F2N7O5S. The quantitative estimate of drug-likeness (QED) is 0.357. The zero-order chi connectivity index (χ0) is 32.1. The Morgan fingerprint density at radius 2 is 1.76 bits per heavy atom. The molecule has 3 aromatic rings. The van der Waals surface area contributed by atoms with E-state index in [0.29, 0.717) is 36.0 Å². The SMILES string of the molecule is CN1CCN(c2ccc(C(=O)Nc3n[nH]c4c3CN(S(=O)(=O)c3cc(F)cc(F)c3)C4(C)C)c(NC(=O)C3CCCO3)c2)CC1. The summed E-state index contributed by atoms with van der Waals surface area (Å²) in [4.78, 5) is 30.6. The first kappa shape index (κ1) is 31.1. The van der Waals surface area contributed by atoms with E-state index < -0.39 is 44.1 Å². The van der Waals surface area contributed by atoms with Gasteiger partial charge in [-0.1, -0.05) is 0 Å². The third-order valence-corrected chi connectivity index (χ3v) is 10.7. The number of benzene rings is 2. The number of H-pyrrole nitrogens is 1. The molecule has 0 radical (unpaired) electrons. The topological polar surface area (TPSA) is 140 Å². The Morgan fingerprint density at radius 3 is 2.42 bits per heavy atom. The Balaban J connectivity index is 1.27. The highest BCUT2D eigenvalue weighted by Crippen LogP contribution is 2.44. The molecule has 1 atom stereocenters. The van der Waals surface area contributed by atoms with Crippen LogP contribution in [0.1, 0.15) is 48.3 Å². The van der Waals surface area contributed by atoms with Crippen LogP contribution in [0, 0.1) is 11.6 Å². The van der Waals surface area contributed by atoms with Crippen molar-refractivity contribution in [1.82, 2.24) is 19.4 Å². The Labute approximate surface area is 259 Å². The number of fused-ring (bicyclic) bond motifs is 1. The van der Waals surface area contributed by atoms with Crippen molar-refractivity contribution in [3.8, 4) is 0 Å². The summed E-state index contributed by atoms with van der Waals surface area (Å²) in [5, 5.41) is 12.7. The fraction of sp³-hybridized carbons (Fsp3) is 0.433. The summed E-state index contributed by atoms with van der Waals surface area (Å²) in [6.45, 7) is 6.88. The number of aromatic amines is 1. The van der Waals surface area contributed by atoms with Gasteiger partial charge in [0, 0.05) is 56.6 Å². The predicted octanol–water partition coefficient (Wildman–Crippen LogP) is 3.25. The fourth-order valence-electron chi connectivity index (χ4n) is 6.05. The molecule has 45 heavy (non-hydrogen) atoms. The van der Waals surface area contributed by atoms with Crippen LogP contribution in [0.15, 0.2) is 41.3 Å². The molecule has 0 spiro atoms. The second-order valence-electron chi connectivity index (χ2n) is 12.1. The van der Waals surface area contributed by atoms with Crippen molar-refractivity contribution >= 4 is 39.0 Å². The van der Waals surface area contributed by atoms with Gasteiger partial charge in [0.15, 0.2) is 5.82 Å². The number of nitrogens with zero attached hydrogens (tertiary/aromatic N) is 4. The predicted molar refractivity (Wildman–Crippen MR) is 162 cm³/mol. The van der Waals surface area contributed by atoms with Crippen molar-refractivity contribution in [2.75, 3.05) is 55.4 Å². The van der Waals surface area contributed by atoms with Crippen molar-refractivity contribution < 1.29 is 31.5 Å². The van der Waals surface area contributed by atoms with Gasteiger partial charge < -0.3 is 25.2 Å². The van der Waals surface area contributed by atoms with Gasteiger partial charge in [-0.25, -0.2) is 17.2 Å². The highest BCUT2D eigenvalue weighted by molar-refractivity contribution is 7.89. The molecule has 3 aliphatic heterocycles. The van der Waals surface area contributed by atoms with Gasteiger partial charge in [0.05, 0.1) is 27.4 Å². The zero-order valence-corrected chi connectivity index (χ0v) is 26.0. The number of piperazine rings is 1. The lowest BCUT2D eigenvalue weighted by Crippen LogP contribution is -2.44. The second kappa shape index (κ2) is 11.8. The average molecular weight is 644 g/mol. The van der Waals surface area contributed by atoms with Crippen LogP contribution in [0.25, 0.3) is 0 Å². The van der Waals surface area contributed by atoms with Crippen LogP contribution in [0.3, 0.4) is 0 Å². The molecule has 2 aromatic carbocycles. The van der Waals surface area contributed by atoms with E-state index in [0.717, 1.165) is 54.7 Å². The molecule has 2 fully saturated rings. The van der Waals surface area contributed by atoms with Crippen LogP contribution in [0.4, 0.5) is 26.0 Å². The largest absolute Gasteiger partial charge is 0.369 e. The lowest BCUT2D eigenvalue weighted by molar-refractivity contribution is -0.124. The molecule has 0 saturated carbocycles. The summed E-state index contributed by atoms with van der Waals surface area (Å²) in [6, 6.07) is 7.37. The Hall–Kier alpha value is -3.92. The number of carbonyl (C=O) groups is 2. The van der Waals surface area contributed by atoms with Gasteiger partial charge in [-0.2, -0.15) is 9.40 Å². The molecule has 2 saturated heterocycles. The standard InChI is InChI=1S/C30H35F2N7O5S/c1-30(2)26-23(17-39(30)45(42,43)21-14-18(31)13-19(32)15-21)27(36-35-26)34-28(40)22-7-6-20(38-10-8-37(3)9-11-38)16-24(22)33-29(41)25-5-4-12-44-25/h6-7,13-16,25H,4-5,8-12,17H2,1-3H3,(H,33,41)(H2,34,35,36,40). The molecule has 15 heteroatoms. The van der Waals surface area contributed by atoms with Gasteiger partial charge in [0.1, 0.15) is 17.7 Å². The molecular weight excluding hydrogens is 608 g/mol. The average Bonchev–Trinajstić information content (AvgIpc) is 3.72. The molecule has 0 aliphatic carbocycles. The first-order valence-corrected chi connectivity index (χ1v) is 16.2.